The molecular formula is C18H22O4. The summed E-state index contributed by atoms with van der Waals surface area (Å²) in [6, 6.07) is 7.44. The first kappa shape index (κ1) is 16.3. The molecule has 1 aromatic carbocycles. The van der Waals surface area contributed by atoms with Crippen LogP contribution in [0, 0.1) is 12.8 Å². The van der Waals surface area contributed by atoms with Gasteiger partial charge in [-0.3, -0.25) is 4.79 Å². The normalized spacial score (nSPS) is 21.5. The van der Waals surface area contributed by atoms with Crippen molar-refractivity contribution in [2.45, 2.75) is 45.6 Å². The third-order valence-electron chi connectivity index (χ3n) is 3.83. The molecule has 0 aliphatic heterocycles. The van der Waals surface area contributed by atoms with Gasteiger partial charge in [-0.1, -0.05) is 23.8 Å². The average Bonchev–Trinajstić information content (AvgIpc) is 2.50. The number of aryl methyl sites for hydroxylation is 1. The molecule has 0 aromatic heterocycles. The van der Waals surface area contributed by atoms with Gasteiger partial charge < -0.3 is 9.47 Å². The molecule has 1 aromatic rings. The zero-order chi connectivity index (χ0) is 15.9. The molecule has 1 fully saturated rings. The van der Waals surface area contributed by atoms with Gasteiger partial charge in [0.2, 0.25) is 0 Å². The first-order chi connectivity index (χ1) is 10.6. The number of carbonyl (C=O) groups is 2. The summed E-state index contributed by atoms with van der Waals surface area (Å²) in [6.07, 6.45) is 5.78. The van der Waals surface area contributed by atoms with Crippen LogP contribution in [-0.2, 0) is 14.3 Å². The summed E-state index contributed by atoms with van der Waals surface area (Å²) in [5, 5.41) is 0. The van der Waals surface area contributed by atoms with Crippen LogP contribution in [0.15, 0.2) is 36.4 Å². The fourth-order valence-corrected chi connectivity index (χ4v) is 2.56. The number of hydrogen-bond acceptors (Lipinski definition) is 4. The molecule has 0 spiro atoms. The van der Waals surface area contributed by atoms with Crippen LogP contribution in [0.5, 0.6) is 5.75 Å². The SMILES string of the molecule is CC=CC(=O)O[C@H]1CC[C@H](C(=O)Oc2ccc(C)cc2)CC1. The second-order valence-corrected chi connectivity index (χ2v) is 5.64. The lowest BCUT2D eigenvalue weighted by Crippen LogP contribution is -2.29. The molecule has 4 nitrogen and oxygen atoms in total. The van der Waals surface area contributed by atoms with Crippen molar-refractivity contribution in [3.8, 4) is 5.75 Å². The Bertz CT molecular complexity index is 537. The van der Waals surface area contributed by atoms with Crippen molar-refractivity contribution in [3.63, 3.8) is 0 Å². The van der Waals surface area contributed by atoms with Crippen LogP contribution in [0.4, 0.5) is 0 Å². The molecule has 1 aliphatic rings. The number of hydrogen-bond donors (Lipinski definition) is 0. The lowest BCUT2D eigenvalue weighted by molar-refractivity contribution is -0.147. The van der Waals surface area contributed by atoms with Gasteiger partial charge in [0, 0.05) is 6.08 Å². The average molecular weight is 302 g/mol. The molecule has 0 amide bonds. The number of rotatable bonds is 4. The van der Waals surface area contributed by atoms with Gasteiger partial charge in [-0.15, -0.1) is 0 Å². The summed E-state index contributed by atoms with van der Waals surface area (Å²) >= 11 is 0. The van der Waals surface area contributed by atoms with Gasteiger partial charge in [0.15, 0.2) is 0 Å². The molecule has 0 bridgehead atoms. The fraction of sp³-hybridized carbons (Fsp3) is 0.444. The van der Waals surface area contributed by atoms with E-state index in [4.69, 9.17) is 9.47 Å². The van der Waals surface area contributed by atoms with Gasteiger partial charge in [-0.25, -0.2) is 4.79 Å². The monoisotopic (exact) mass is 302 g/mol. The summed E-state index contributed by atoms with van der Waals surface area (Å²) in [5.41, 5.74) is 1.13. The lowest BCUT2D eigenvalue weighted by Gasteiger charge is -2.26. The van der Waals surface area contributed by atoms with Crippen LogP contribution in [0.2, 0.25) is 0 Å². The summed E-state index contributed by atoms with van der Waals surface area (Å²) in [4.78, 5) is 23.5. The van der Waals surface area contributed by atoms with Crippen LogP contribution in [0.1, 0.15) is 38.2 Å². The largest absolute Gasteiger partial charge is 0.459 e. The van der Waals surface area contributed by atoms with E-state index in [0.717, 1.165) is 5.56 Å². The van der Waals surface area contributed by atoms with Crippen LogP contribution < -0.4 is 4.74 Å². The topological polar surface area (TPSA) is 52.6 Å². The van der Waals surface area contributed by atoms with Crippen LogP contribution in [0.3, 0.4) is 0 Å². The zero-order valence-electron chi connectivity index (χ0n) is 13.1. The standard InChI is InChI=1S/C18H22O4/c1-3-4-17(19)21-15-11-7-14(8-12-15)18(20)22-16-9-5-13(2)6-10-16/h3-6,9-10,14-15H,7-8,11-12H2,1-2H3/t14-,15-. The van der Waals surface area contributed by atoms with Crippen LogP contribution in [-0.4, -0.2) is 18.0 Å². The van der Waals surface area contributed by atoms with Gasteiger partial charge in [0.25, 0.3) is 0 Å². The summed E-state index contributed by atoms with van der Waals surface area (Å²) in [7, 11) is 0. The van der Waals surface area contributed by atoms with Crippen molar-refractivity contribution in [1.29, 1.82) is 0 Å². The molecule has 0 unspecified atom stereocenters. The van der Waals surface area contributed by atoms with Crippen molar-refractivity contribution in [2.24, 2.45) is 5.92 Å². The predicted octanol–water partition coefficient (Wildman–Crippen LogP) is 3.58. The molecule has 1 saturated carbocycles. The second-order valence-electron chi connectivity index (χ2n) is 5.64. The zero-order valence-corrected chi connectivity index (χ0v) is 13.1. The van der Waals surface area contributed by atoms with E-state index >= 15 is 0 Å². The Balaban J connectivity index is 1.79. The third kappa shape index (κ3) is 4.72. The molecule has 2 rings (SSSR count). The Hall–Kier alpha value is -2.10. The highest BCUT2D eigenvalue weighted by atomic mass is 16.5. The molecule has 22 heavy (non-hydrogen) atoms. The van der Waals surface area contributed by atoms with E-state index in [1.807, 2.05) is 19.1 Å². The highest BCUT2D eigenvalue weighted by Gasteiger charge is 2.29. The Morgan fingerprint density at radius 1 is 1.09 bits per heavy atom. The smallest absolute Gasteiger partial charge is 0.330 e. The number of allylic oxidation sites excluding steroid dienone is 1. The van der Waals surface area contributed by atoms with Crippen molar-refractivity contribution >= 4 is 11.9 Å². The molecule has 4 heteroatoms. The van der Waals surface area contributed by atoms with Crippen LogP contribution >= 0.6 is 0 Å². The van der Waals surface area contributed by atoms with E-state index in [0.29, 0.717) is 31.4 Å². The summed E-state index contributed by atoms with van der Waals surface area (Å²) in [5.74, 6) is -0.0366. The number of benzene rings is 1. The summed E-state index contributed by atoms with van der Waals surface area (Å²) in [6.45, 7) is 3.77. The van der Waals surface area contributed by atoms with Gasteiger partial charge in [0.05, 0.1) is 5.92 Å². The van der Waals surface area contributed by atoms with E-state index < -0.39 is 0 Å². The molecule has 118 valence electrons. The maximum atomic E-state index is 12.1. The molecule has 0 N–H and O–H groups in total. The number of carbonyl (C=O) groups excluding carboxylic acids is 2. The predicted molar refractivity (Wildman–Crippen MR) is 83.5 cm³/mol. The second kappa shape index (κ2) is 7.78. The lowest BCUT2D eigenvalue weighted by atomic mass is 9.87. The minimum absolute atomic E-state index is 0.0906. The van der Waals surface area contributed by atoms with Crippen molar-refractivity contribution in [2.75, 3.05) is 0 Å². The van der Waals surface area contributed by atoms with E-state index in [1.54, 1.807) is 25.1 Å². The molecule has 0 atom stereocenters. The van der Waals surface area contributed by atoms with Crippen molar-refractivity contribution < 1.29 is 19.1 Å². The Morgan fingerprint density at radius 2 is 1.73 bits per heavy atom. The van der Waals surface area contributed by atoms with Crippen molar-refractivity contribution in [1.82, 2.24) is 0 Å². The molecular weight excluding hydrogens is 280 g/mol. The Morgan fingerprint density at radius 3 is 2.32 bits per heavy atom. The van der Waals surface area contributed by atoms with Gasteiger partial charge >= 0.3 is 11.9 Å². The van der Waals surface area contributed by atoms with E-state index in [1.165, 1.54) is 6.08 Å². The first-order valence-electron chi connectivity index (χ1n) is 7.70. The Kier molecular flexibility index (Phi) is 5.75. The Labute approximate surface area is 131 Å². The molecule has 1 aliphatic carbocycles. The number of ether oxygens (including phenoxy) is 2. The van der Waals surface area contributed by atoms with E-state index in [9.17, 15) is 9.59 Å². The van der Waals surface area contributed by atoms with Crippen molar-refractivity contribution in [3.05, 3.63) is 42.0 Å². The highest BCUT2D eigenvalue weighted by Crippen LogP contribution is 2.28. The van der Waals surface area contributed by atoms with Gasteiger partial charge in [-0.2, -0.15) is 0 Å². The van der Waals surface area contributed by atoms with Gasteiger partial charge in [-0.05, 0) is 51.7 Å². The molecule has 0 heterocycles. The first-order valence-corrected chi connectivity index (χ1v) is 7.70. The number of esters is 2. The van der Waals surface area contributed by atoms with Crippen LogP contribution in [0.25, 0.3) is 0 Å². The third-order valence-corrected chi connectivity index (χ3v) is 3.83. The molecule has 0 saturated heterocycles. The maximum absolute atomic E-state index is 12.1. The minimum Gasteiger partial charge on any atom is -0.459 e. The quantitative estimate of drug-likeness (QED) is 0.484. The minimum atomic E-state index is -0.312. The summed E-state index contributed by atoms with van der Waals surface area (Å²) < 4.78 is 10.7. The van der Waals surface area contributed by atoms with E-state index in [2.05, 4.69) is 0 Å². The molecule has 0 radical (unpaired) electrons. The maximum Gasteiger partial charge on any atom is 0.330 e. The van der Waals surface area contributed by atoms with E-state index in [-0.39, 0.29) is 24.0 Å². The highest BCUT2D eigenvalue weighted by molar-refractivity contribution is 5.82. The fourth-order valence-electron chi connectivity index (χ4n) is 2.56. The van der Waals surface area contributed by atoms with Gasteiger partial charge in [0.1, 0.15) is 11.9 Å².